The van der Waals surface area contributed by atoms with E-state index in [-0.39, 0.29) is 11.5 Å². The summed E-state index contributed by atoms with van der Waals surface area (Å²) in [6, 6.07) is 6.96. The summed E-state index contributed by atoms with van der Waals surface area (Å²) in [5.41, 5.74) is 0.620. The predicted molar refractivity (Wildman–Crippen MR) is 62.4 cm³/mol. The first-order valence-electron chi connectivity index (χ1n) is 4.78. The molecule has 0 aliphatic carbocycles. The van der Waals surface area contributed by atoms with Crippen LogP contribution in [-0.4, -0.2) is 11.7 Å². The molecule has 0 amide bonds. The maximum Gasteiger partial charge on any atom is 0.400 e. The first-order chi connectivity index (χ1) is 7.70. The zero-order valence-corrected chi connectivity index (χ0v) is 9.05. The second-order valence-corrected chi connectivity index (χ2v) is 3.13. The molecule has 0 heterocycles. The molecule has 0 spiro atoms. The number of diazo groups is 1. The minimum Gasteiger partial charge on any atom is -0.501 e. The molecule has 1 aromatic carbocycles. The summed E-state index contributed by atoms with van der Waals surface area (Å²) in [5, 5.41) is 18.4. The van der Waals surface area contributed by atoms with Gasteiger partial charge < -0.3 is 9.84 Å². The molecule has 4 nitrogen and oxygen atoms in total. The number of hydrogen-bond donors (Lipinski definition) is 1. The zero-order chi connectivity index (χ0) is 12.0. The van der Waals surface area contributed by atoms with Gasteiger partial charge in [0.05, 0.1) is 5.56 Å². The van der Waals surface area contributed by atoms with E-state index in [1.165, 1.54) is 6.92 Å². The highest BCUT2D eigenvalue weighted by Gasteiger charge is 2.17. The van der Waals surface area contributed by atoms with Crippen molar-refractivity contribution in [3.05, 3.63) is 53.2 Å². The minimum atomic E-state index is -0.109. The van der Waals surface area contributed by atoms with Gasteiger partial charge in [0, 0.05) is 6.92 Å². The van der Waals surface area contributed by atoms with Crippen molar-refractivity contribution in [3.63, 3.8) is 0 Å². The quantitative estimate of drug-likeness (QED) is 0.478. The maximum absolute atomic E-state index is 9.79. The molecule has 0 aliphatic rings. The van der Waals surface area contributed by atoms with Crippen molar-refractivity contribution >= 4 is 5.76 Å². The monoisotopic (exact) mass is 217 g/mol. The number of hydrogen-bond acceptors (Lipinski definition) is 3. The third kappa shape index (κ3) is 2.61. The van der Waals surface area contributed by atoms with Crippen LogP contribution in [0.25, 0.3) is 10.7 Å². The van der Waals surface area contributed by atoms with Crippen LogP contribution in [0.4, 0.5) is 0 Å². The van der Waals surface area contributed by atoms with E-state index in [0.29, 0.717) is 17.9 Å². The summed E-state index contributed by atoms with van der Waals surface area (Å²) >= 11 is 0. The Bertz CT molecular complexity index is 458. The fourth-order valence-corrected chi connectivity index (χ4v) is 1.18. The van der Waals surface area contributed by atoms with Gasteiger partial charge in [-0.05, 0) is 12.1 Å². The van der Waals surface area contributed by atoms with Gasteiger partial charge in [0.1, 0.15) is 12.4 Å². The summed E-state index contributed by atoms with van der Waals surface area (Å²) < 4.78 is 5.37. The molecule has 0 unspecified atom stereocenters. The summed E-state index contributed by atoms with van der Waals surface area (Å²) in [7, 11) is 0. The molecule has 0 aliphatic heterocycles. The van der Waals surface area contributed by atoms with Crippen molar-refractivity contribution in [2.75, 3.05) is 6.61 Å². The number of aliphatic hydroxyl groups excluding tert-OH is 1. The Kier molecular flexibility index (Phi) is 4.10. The lowest BCUT2D eigenvalue weighted by molar-refractivity contribution is 0.359. The number of aliphatic hydroxyl groups is 1. The second kappa shape index (κ2) is 5.56. The molecule has 4 heteroatoms. The number of nitrogens with zero attached hydrogens (tertiary/aromatic N) is 2. The van der Waals surface area contributed by atoms with E-state index in [1.54, 1.807) is 30.3 Å². The highest BCUT2D eigenvalue weighted by Crippen LogP contribution is 2.26. The largest absolute Gasteiger partial charge is 0.501 e. The third-order valence-corrected chi connectivity index (χ3v) is 1.99. The van der Waals surface area contributed by atoms with Gasteiger partial charge in [0.15, 0.2) is 4.98 Å². The SMILES string of the molecule is C=CCOc1ccccc1/C(O)=C(/C)[N+]#N. The van der Waals surface area contributed by atoms with E-state index in [2.05, 4.69) is 11.6 Å². The van der Waals surface area contributed by atoms with Gasteiger partial charge in [0.25, 0.3) is 0 Å². The predicted octanol–water partition coefficient (Wildman–Crippen LogP) is 3.35. The molecule has 0 bridgehead atoms. The van der Waals surface area contributed by atoms with Crippen molar-refractivity contribution in [1.82, 2.24) is 0 Å². The van der Waals surface area contributed by atoms with Gasteiger partial charge in [-0.3, -0.25) is 0 Å². The van der Waals surface area contributed by atoms with E-state index in [9.17, 15) is 5.11 Å². The highest BCUT2D eigenvalue weighted by atomic mass is 16.5. The Morgan fingerprint density at radius 3 is 2.88 bits per heavy atom. The lowest BCUT2D eigenvalue weighted by Crippen LogP contribution is -1.97. The minimum absolute atomic E-state index is 0.109. The molecular formula is C12H13N2O2+. The van der Waals surface area contributed by atoms with E-state index < -0.39 is 0 Å². The molecule has 1 rings (SSSR count). The molecule has 0 atom stereocenters. The van der Waals surface area contributed by atoms with Crippen LogP contribution in [0.2, 0.25) is 0 Å². The van der Waals surface area contributed by atoms with E-state index in [0.717, 1.165) is 0 Å². The lowest BCUT2D eigenvalue weighted by atomic mass is 10.1. The molecule has 82 valence electrons. The van der Waals surface area contributed by atoms with Crippen LogP contribution >= 0.6 is 0 Å². The molecular weight excluding hydrogens is 204 g/mol. The van der Waals surface area contributed by atoms with Crippen LogP contribution in [0.15, 0.2) is 42.6 Å². The van der Waals surface area contributed by atoms with Crippen molar-refractivity contribution < 1.29 is 9.84 Å². The van der Waals surface area contributed by atoms with Gasteiger partial charge in [-0.2, -0.15) is 0 Å². The molecule has 16 heavy (non-hydrogen) atoms. The highest BCUT2D eigenvalue weighted by molar-refractivity contribution is 5.67. The van der Waals surface area contributed by atoms with Crippen LogP contribution in [0.5, 0.6) is 5.75 Å². The van der Waals surface area contributed by atoms with Gasteiger partial charge in [-0.1, -0.05) is 24.8 Å². The van der Waals surface area contributed by atoms with Crippen LogP contribution in [0, 0.1) is 5.39 Å². The fourth-order valence-electron chi connectivity index (χ4n) is 1.18. The molecule has 0 fully saturated rings. The number of para-hydroxylation sites is 1. The maximum atomic E-state index is 9.79. The zero-order valence-electron chi connectivity index (χ0n) is 9.05. The van der Waals surface area contributed by atoms with Crippen molar-refractivity contribution in [3.8, 4) is 5.75 Å². The summed E-state index contributed by atoms with van der Waals surface area (Å²) in [6.45, 7) is 5.39. The number of rotatable bonds is 4. The lowest BCUT2D eigenvalue weighted by Gasteiger charge is -2.07. The van der Waals surface area contributed by atoms with Crippen LogP contribution in [0.1, 0.15) is 12.5 Å². The average molecular weight is 217 g/mol. The van der Waals surface area contributed by atoms with Crippen LogP contribution in [0.3, 0.4) is 0 Å². The van der Waals surface area contributed by atoms with Gasteiger partial charge in [-0.25, -0.2) is 0 Å². The number of benzene rings is 1. The summed E-state index contributed by atoms with van der Waals surface area (Å²) in [4.78, 5) is 2.94. The Morgan fingerprint density at radius 1 is 1.56 bits per heavy atom. The molecule has 1 N–H and O–H groups in total. The van der Waals surface area contributed by atoms with Gasteiger partial charge in [-0.15, -0.1) is 0 Å². The Labute approximate surface area is 94.1 Å². The molecule has 0 saturated carbocycles. The first-order valence-corrected chi connectivity index (χ1v) is 4.78. The molecule has 0 aromatic heterocycles. The molecule has 1 aromatic rings. The Hall–Kier alpha value is -2.28. The van der Waals surface area contributed by atoms with Gasteiger partial charge in [0.2, 0.25) is 11.2 Å². The van der Waals surface area contributed by atoms with E-state index in [4.69, 9.17) is 10.1 Å². The number of allylic oxidation sites excluding steroid dienone is 1. The van der Waals surface area contributed by atoms with Crippen molar-refractivity contribution in [2.24, 2.45) is 0 Å². The van der Waals surface area contributed by atoms with E-state index in [1.807, 2.05) is 0 Å². The Balaban J connectivity index is 3.14. The molecule has 0 saturated heterocycles. The smallest absolute Gasteiger partial charge is 0.400 e. The second-order valence-electron chi connectivity index (χ2n) is 3.13. The van der Waals surface area contributed by atoms with Crippen molar-refractivity contribution in [1.29, 1.82) is 5.39 Å². The Morgan fingerprint density at radius 2 is 2.25 bits per heavy atom. The normalized spacial score (nSPS) is 11.2. The topological polar surface area (TPSA) is 57.6 Å². The standard InChI is InChI=1S/C12H12N2O2/c1-3-8-16-11-7-5-4-6-10(11)12(15)9(2)14-13/h3-7H,1,8H2,2H3/p+1/b12-9+. The molecule has 0 radical (unpaired) electrons. The van der Waals surface area contributed by atoms with Crippen LogP contribution < -0.4 is 4.74 Å². The average Bonchev–Trinajstić information content (AvgIpc) is 2.34. The van der Waals surface area contributed by atoms with Crippen LogP contribution in [-0.2, 0) is 0 Å². The third-order valence-electron chi connectivity index (χ3n) is 1.99. The first kappa shape index (κ1) is 11.8. The summed E-state index contributed by atoms with van der Waals surface area (Å²) in [5.74, 6) is 0.407. The van der Waals surface area contributed by atoms with Crippen molar-refractivity contribution in [2.45, 2.75) is 6.92 Å². The van der Waals surface area contributed by atoms with E-state index >= 15 is 0 Å². The summed E-state index contributed by atoms with van der Waals surface area (Å²) in [6.07, 6.45) is 1.61. The fraction of sp³-hybridized carbons (Fsp3) is 0.167. The number of ether oxygens (including phenoxy) is 1. The van der Waals surface area contributed by atoms with Gasteiger partial charge >= 0.3 is 5.70 Å².